The Labute approximate surface area is 111 Å². The highest BCUT2D eigenvalue weighted by molar-refractivity contribution is 7.91. The van der Waals surface area contributed by atoms with E-state index in [1.807, 2.05) is 0 Å². The van der Waals surface area contributed by atoms with Crippen molar-refractivity contribution in [3.05, 3.63) is 28.4 Å². The molecule has 0 radical (unpaired) electrons. The van der Waals surface area contributed by atoms with E-state index in [1.54, 1.807) is 0 Å². The molecule has 19 heavy (non-hydrogen) atoms. The van der Waals surface area contributed by atoms with Gasteiger partial charge in [-0.3, -0.25) is 10.1 Å². The molecule has 8 heteroatoms. The van der Waals surface area contributed by atoms with Crippen LogP contribution in [0.1, 0.15) is 12.8 Å². The zero-order valence-corrected chi connectivity index (χ0v) is 11.1. The maximum atomic E-state index is 12.2. The quantitative estimate of drug-likeness (QED) is 0.647. The summed E-state index contributed by atoms with van der Waals surface area (Å²) in [6.07, 6.45) is 3.00. The minimum Gasteiger partial charge on any atom is -0.316 e. The van der Waals surface area contributed by atoms with Crippen LogP contribution in [0.5, 0.6) is 0 Å². The fourth-order valence-corrected chi connectivity index (χ4v) is 3.96. The third kappa shape index (κ3) is 3.27. The van der Waals surface area contributed by atoms with Gasteiger partial charge < -0.3 is 5.32 Å². The Morgan fingerprint density at radius 3 is 2.95 bits per heavy atom. The number of nitrogens with zero attached hydrogens (tertiary/aromatic N) is 2. The molecule has 2 rings (SSSR count). The number of hydrogen-bond donors (Lipinski definition) is 1. The molecule has 0 bridgehead atoms. The Morgan fingerprint density at radius 2 is 2.32 bits per heavy atom. The van der Waals surface area contributed by atoms with Crippen molar-refractivity contribution in [2.75, 3.05) is 18.8 Å². The van der Waals surface area contributed by atoms with Gasteiger partial charge in [-0.2, -0.15) is 0 Å². The molecule has 1 aromatic rings. The Morgan fingerprint density at radius 1 is 1.53 bits per heavy atom. The van der Waals surface area contributed by atoms with E-state index in [-0.39, 0.29) is 11.7 Å². The third-order valence-electron chi connectivity index (χ3n) is 3.10. The average molecular weight is 285 g/mol. The number of aromatic nitrogens is 1. The van der Waals surface area contributed by atoms with Gasteiger partial charge in [0.15, 0.2) is 0 Å². The van der Waals surface area contributed by atoms with Crippen molar-refractivity contribution in [1.29, 1.82) is 0 Å². The maximum absolute atomic E-state index is 12.2. The SMILES string of the molecule is O=[N+]([O-])c1cccnc1S(=O)(=O)C[C@@H]1CCCNC1. The highest BCUT2D eigenvalue weighted by Gasteiger charge is 2.30. The van der Waals surface area contributed by atoms with Crippen LogP contribution < -0.4 is 5.32 Å². The zero-order valence-electron chi connectivity index (χ0n) is 10.3. The average Bonchev–Trinajstić information content (AvgIpc) is 2.39. The van der Waals surface area contributed by atoms with Gasteiger partial charge in [0.2, 0.25) is 14.9 Å². The minimum atomic E-state index is -3.73. The first-order valence-electron chi connectivity index (χ1n) is 6.03. The van der Waals surface area contributed by atoms with Gasteiger partial charge in [-0.25, -0.2) is 13.4 Å². The predicted octanol–water partition coefficient (Wildman–Crippen LogP) is 0.763. The molecule has 1 aliphatic rings. The van der Waals surface area contributed by atoms with Crippen LogP contribution in [-0.4, -0.2) is 37.2 Å². The van der Waals surface area contributed by atoms with Gasteiger partial charge in [-0.05, 0) is 37.9 Å². The molecule has 1 atom stereocenters. The van der Waals surface area contributed by atoms with Gasteiger partial charge in [0.1, 0.15) is 0 Å². The van der Waals surface area contributed by atoms with Gasteiger partial charge in [-0.1, -0.05) is 0 Å². The normalized spacial score (nSPS) is 20.1. The first-order valence-corrected chi connectivity index (χ1v) is 7.69. The maximum Gasteiger partial charge on any atom is 0.306 e. The van der Waals surface area contributed by atoms with Gasteiger partial charge >= 0.3 is 5.69 Å². The summed E-state index contributed by atoms with van der Waals surface area (Å²) in [7, 11) is -3.73. The first kappa shape index (κ1) is 13.9. The minimum absolute atomic E-state index is 0.0136. The lowest BCUT2D eigenvalue weighted by molar-refractivity contribution is -0.388. The fourth-order valence-electron chi connectivity index (χ4n) is 2.22. The summed E-state index contributed by atoms with van der Waals surface area (Å²) >= 11 is 0. The van der Waals surface area contributed by atoms with Crippen LogP contribution in [0.4, 0.5) is 5.69 Å². The molecule has 1 N–H and O–H groups in total. The van der Waals surface area contributed by atoms with Crippen molar-refractivity contribution < 1.29 is 13.3 Å². The largest absolute Gasteiger partial charge is 0.316 e. The number of hydrogen-bond acceptors (Lipinski definition) is 6. The van der Waals surface area contributed by atoms with Crippen LogP contribution in [0, 0.1) is 16.0 Å². The number of nitro groups is 1. The lowest BCUT2D eigenvalue weighted by atomic mass is 10.0. The summed E-state index contributed by atoms with van der Waals surface area (Å²) < 4.78 is 24.5. The molecule has 0 amide bonds. The predicted molar refractivity (Wildman–Crippen MR) is 68.5 cm³/mol. The first-order chi connectivity index (χ1) is 9.00. The molecular weight excluding hydrogens is 270 g/mol. The molecule has 7 nitrogen and oxygen atoms in total. The second-order valence-corrected chi connectivity index (χ2v) is 6.53. The molecule has 0 saturated carbocycles. The van der Waals surface area contributed by atoms with Crippen LogP contribution in [0.25, 0.3) is 0 Å². The monoisotopic (exact) mass is 285 g/mol. The Kier molecular flexibility index (Phi) is 4.11. The van der Waals surface area contributed by atoms with Crippen LogP contribution in [0.3, 0.4) is 0 Å². The molecule has 1 fully saturated rings. The van der Waals surface area contributed by atoms with Crippen molar-refractivity contribution in [3.8, 4) is 0 Å². The molecule has 0 unspecified atom stereocenters. The molecule has 1 aromatic heterocycles. The summed E-state index contributed by atoms with van der Waals surface area (Å²) in [6.45, 7) is 1.51. The van der Waals surface area contributed by atoms with Gasteiger partial charge in [-0.15, -0.1) is 0 Å². The lowest BCUT2D eigenvalue weighted by Gasteiger charge is -2.22. The van der Waals surface area contributed by atoms with E-state index < -0.39 is 25.5 Å². The van der Waals surface area contributed by atoms with E-state index in [0.29, 0.717) is 6.54 Å². The van der Waals surface area contributed by atoms with Crippen molar-refractivity contribution >= 4 is 15.5 Å². The number of pyridine rings is 1. The summed E-state index contributed by atoms with van der Waals surface area (Å²) in [5.41, 5.74) is -0.453. The highest BCUT2D eigenvalue weighted by Crippen LogP contribution is 2.24. The molecule has 1 aliphatic heterocycles. The van der Waals surface area contributed by atoms with E-state index >= 15 is 0 Å². The number of rotatable bonds is 4. The standard InChI is InChI=1S/C11H15N3O4S/c15-14(16)10-4-2-6-13-11(10)19(17,18)8-9-3-1-5-12-7-9/h2,4,6,9,12H,1,3,5,7-8H2/t9-/m1/s1. The Hall–Kier alpha value is -1.54. The lowest BCUT2D eigenvalue weighted by Crippen LogP contribution is -2.34. The third-order valence-corrected chi connectivity index (χ3v) is 4.91. The van der Waals surface area contributed by atoms with Crippen molar-refractivity contribution in [2.24, 2.45) is 5.92 Å². The van der Waals surface area contributed by atoms with Crippen LogP contribution >= 0.6 is 0 Å². The summed E-state index contributed by atoms with van der Waals surface area (Å²) in [6, 6.07) is 2.53. The number of sulfone groups is 1. The smallest absolute Gasteiger partial charge is 0.306 e. The van der Waals surface area contributed by atoms with E-state index in [4.69, 9.17) is 0 Å². The molecule has 0 aliphatic carbocycles. The van der Waals surface area contributed by atoms with Crippen LogP contribution in [0.15, 0.2) is 23.4 Å². The molecule has 2 heterocycles. The zero-order chi connectivity index (χ0) is 13.9. The van der Waals surface area contributed by atoms with Crippen LogP contribution in [0.2, 0.25) is 0 Å². The molecule has 0 aromatic carbocycles. The second kappa shape index (κ2) is 5.62. The molecule has 1 saturated heterocycles. The topological polar surface area (TPSA) is 102 Å². The van der Waals surface area contributed by atoms with Crippen molar-refractivity contribution in [1.82, 2.24) is 10.3 Å². The summed E-state index contributed by atoms with van der Waals surface area (Å²) in [5.74, 6) is -0.113. The summed E-state index contributed by atoms with van der Waals surface area (Å²) in [5, 5.41) is 13.6. The molecule has 0 spiro atoms. The number of nitrogens with one attached hydrogen (secondary N) is 1. The second-order valence-electron chi connectivity index (χ2n) is 4.58. The van der Waals surface area contributed by atoms with Crippen molar-refractivity contribution in [3.63, 3.8) is 0 Å². The van der Waals surface area contributed by atoms with E-state index in [1.165, 1.54) is 18.3 Å². The van der Waals surface area contributed by atoms with Crippen LogP contribution in [-0.2, 0) is 9.84 Å². The Bertz CT molecular complexity index is 567. The molecule has 104 valence electrons. The highest BCUT2D eigenvalue weighted by atomic mass is 32.2. The van der Waals surface area contributed by atoms with Gasteiger partial charge in [0.05, 0.1) is 10.7 Å². The summed E-state index contributed by atoms with van der Waals surface area (Å²) in [4.78, 5) is 13.8. The van der Waals surface area contributed by atoms with E-state index in [2.05, 4.69) is 10.3 Å². The Balaban J connectivity index is 2.26. The van der Waals surface area contributed by atoms with E-state index in [0.717, 1.165) is 19.4 Å². The van der Waals surface area contributed by atoms with Gasteiger partial charge in [0.25, 0.3) is 0 Å². The van der Waals surface area contributed by atoms with E-state index in [9.17, 15) is 18.5 Å². The fraction of sp³-hybridized carbons (Fsp3) is 0.545. The molecular formula is C11H15N3O4S. The van der Waals surface area contributed by atoms with Gasteiger partial charge in [0, 0.05) is 12.3 Å². The van der Waals surface area contributed by atoms with Crippen molar-refractivity contribution in [2.45, 2.75) is 17.9 Å². The number of piperidine rings is 1.